The van der Waals surface area contributed by atoms with Crippen molar-refractivity contribution < 1.29 is 29.6 Å². The topological polar surface area (TPSA) is 129 Å². The van der Waals surface area contributed by atoms with Gasteiger partial charge in [0.15, 0.2) is 5.69 Å². The van der Waals surface area contributed by atoms with Gasteiger partial charge in [-0.2, -0.15) is 0 Å². The smallest absolute Gasteiger partial charge is 0.407 e. The monoisotopic (exact) mass is 360 g/mol. The largest absolute Gasteiger partial charge is 0.476 e. The van der Waals surface area contributed by atoms with E-state index >= 15 is 0 Å². The maximum Gasteiger partial charge on any atom is 0.407 e. The molecule has 0 saturated carbocycles. The van der Waals surface area contributed by atoms with E-state index in [-0.39, 0.29) is 29.2 Å². The lowest BCUT2D eigenvalue weighted by Gasteiger charge is -2.21. The van der Waals surface area contributed by atoms with Crippen molar-refractivity contribution >= 4 is 23.7 Å². The van der Waals surface area contributed by atoms with Crippen molar-refractivity contribution in [3.63, 3.8) is 0 Å². The summed E-state index contributed by atoms with van der Waals surface area (Å²) in [6.07, 6.45) is -1.96. The van der Waals surface area contributed by atoms with Crippen LogP contribution >= 0.6 is 11.6 Å². The zero-order chi connectivity index (χ0) is 18.5. The third kappa shape index (κ3) is 6.31. The summed E-state index contributed by atoms with van der Waals surface area (Å²) in [4.78, 5) is 25.9. The maximum atomic E-state index is 11.5. The first-order valence-corrected chi connectivity index (χ1v) is 7.61. The van der Waals surface area contributed by atoms with Crippen LogP contribution in [0.2, 0.25) is 5.02 Å². The third-order valence-corrected chi connectivity index (χ3v) is 3.17. The van der Waals surface area contributed by atoms with Crippen LogP contribution in [-0.4, -0.2) is 50.6 Å². The Morgan fingerprint density at radius 2 is 2.00 bits per heavy atom. The van der Waals surface area contributed by atoms with Crippen LogP contribution in [0.25, 0.3) is 0 Å². The number of carboxylic acids is 1. The number of amides is 1. The van der Waals surface area contributed by atoms with E-state index < -0.39 is 29.9 Å². The molecular formula is C15H21ClN2O6. The van der Waals surface area contributed by atoms with Crippen molar-refractivity contribution in [1.82, 2.24) is 10.3 Å². The molecule has 1 rings (SSSR count). The molecule has 8 nitrogen and oxygen atoms in total. The number of nitrogens with one attached hydrogen (secondary N) is 1. The minimum absolute atomic E-state index is 0.0543. The summed E-state index contributed by atoms with van der Waals surface area (Å²) in [6.45, 7) is 5.26. The molecule has 0 aliphatic rings. The molecule has 1 heterocycles. The summed E-state index contributed by atoms with van der Waals surface area (Å²) >= 11 is 5.77. The Labute approximate surface area is 144 Å². The number of aliphatic hydroxyl groups is 2. The van der Waals surface area contributed by atoms with Gasteiger partial charge >= 0.3 is 12.1 Å². The number of carboxylic acid groups (broad SMARTS) is 1. The van der Waals surface area contributed by atoms with Crippen LogP contribution in [0.1, 0.15) is 49.3 Å². The molecule has 2 atom stereocenters. The fourth-order valence-corrected chi connectivity index (χ4v) is 2.04. The van der Waals surface area contributed by atoms with Gasteiger partial charge in [-0.25, -0.2) is 14.6 Å². The molecule has 0 aliphatic carbocycles. The number of alkyl carbamates (subject to hydrolysis) is 1. The van der Waals surface area contributed by atoms with E-state index in [1.165, 1.54) is 6.07 Å². The quantitative estimate of drug-likeness (QED) is 0.608. The molecule has 1 aromatic heterocycles. The van der Waals surface area contributed by atoms with Crippen molar-refractivity contribution in [1.29, 1.82) is 0 Å². The van der Waals surface area contributed by atoms with E-state index in [0.29, 0.717) is 0 Å². The molecule has 0 aromatic carbocycles. The number of aromatic carboxylic acids is 1. The normalized spacial score (nSPS) is 13.9. The van der Waals surface area contributed by atoms with E-state index in [2.05, 4.69) is 10.3 Å². The lowest BCUT2D eigenvalue weighted by molar-refractivity contribution is 0.0121. The van der Waals surface area contributed by atoms with E-state index in [1.54, 1.807) is 20.8 Å². The highest BCUT2D eigenvalue weighted by Gasteiger charge is 2.22. The Morgan fingerprint density at radius 1 is 1.38 bits per heavy atom. The summed E-state index contributed by atoms with van der Waals surface area (Å²) < 4.78 is 5.04. The molecule has 24 heavy (non-hydrogen) atoms. The molecule has 0 bridgehead atoms. The molecule has 2 unspecified atom stereocenters. The van der Waals surface area contributed by atoms with E-state index in [4.69, 9.17) is 21.4 Å². The second kappa shape index (κ2) is 8.27. The molecular weight excluding hydrogens is 340 g/mol. The first-order chi connectivity index (χ1) is 11.0. The predicted octanol–water partition coefficient (Wildman–Crippen LogP) is 1.74. The first kappa shape index (κ1) is 20.1. The number of hydrogen-bond donors (Lipinski definition) is 4. The minimum atomic E-state index is -1.32. The molecule has 0 saturated heterocycles. The summed E-state index contributed by atoms with van der Waals surface area (Å²) in [5.74, 6) is -1.29. The Morgan fingerprint density at radius 3 is 2.50 bits per heavy atom. The molecule has 0 aliphatic heterocycles. The Bertz CT molecular complexity index is 602. The van der Waals surface area contributed by atoms with Gasteiger partial charge in [0, 0.05) is 18.3 Å². The number of nitrogens with zero attached hydrogens (tertiary/aromatic N) is 1. The van der Waals surface area contributed by atoms with Crippen LogP contribution in [0, 0.1) is 0 Å². The molecule has 0 fully saturated rings. The van der Waals surface area contributed by atoms with Gasteiger partial charge in [-0.05, 0) is 33.3 Å². The van der Waals surface area contributed by atoms with Crippen molar-refractivity contribution in [2.24, 2.45) is 0 Å². The Hall–Kier alpha value is -1.90. The van der Waals surface area contributed by atoms with Gasteiger partial charge in [-0.3, -0.25) is 0 Å². The fourth-order valence-electron chi connectivity index (χ4n) is 1.79. The van der Waals surface area contributed by atoms with Crippen molar-refractivity contribution in [3.05, 3.63) is 28.5 Å². The lowest BCUT2D eigenvalue weighted by Crippen LogP contribution is -2.34. The van der Waals surface area contributed by atoms with Gasteiger partial charge < -0.3 is 25.4 Å². The summed E-state index contributed by atoms with van der Waals surface area (Å²) in [5, 5.41) is 31.2. The average molecular weight is 361 g/mol. The molecule has 9 heteroatoms. The summed E-state index contributed by atoms with van der Waals surface area (Å²) in [7, 11) is 0. The second-order valence-electron chi connectivity index (χ2n) is 6.13. The fraction of sp³-hybridized carbons (Fsp3) is 0.533. The molecule has 134 valence electrons. The van der Waals surface area contributed by atoms with Gasteiger partial charge in [0.05, 0.1) is 11.1 Å². The number of pyridine rings is 1. The van der Waals surface area contributed by atoms with Crippen molar-refractivity contribution in [2.75, 3.05) is 6.54 Å². The van der Waals surface area contributed by atoms with Gasteiger partial charge in [0.1, 0.15) is 11.7 Å². The van der Waals surface area contributed by atoms with Crippen molar-refractivity contribution in [2.45, 2.75) is 45.0 Å². The lowest BCUT2D eigenvalue weighted by atomic mass is 10.0. The molecule has 1 aromatic rings. The van der Waals surface area contributed by atoms with Gasteiger partial charge in [0.25, 0.3) is 0 Å². The molecule has 4 N–H and O–H groups in total. The summed E-state index contributed by atoms with van der Waals surface area (Å²) in [6, 6.07) is 1.23. The Kier molecular flexibility index (Phi) is 6.94. The standard InChI is InChI=1S/C15H21ClN2O6/c1-15(2,3)24-14(23)17-5-4-10(19)12(20)8-6-9(16)11(13(21)22)18-7-8/h6-7,10,12,19-20H,4-5H2,1-3H3,(H,17,23)(H,21,22). The molecule has 0 radical (unpaired) electrons. The van der Waals surface area contributed by atoms with Crippen molar-refractivity contribution in [3.8, 4) is 0 Å². The highest BCUT2D eigenvalue weighted by atomic mass is 35.5. The number of hydrogen-bond acceptors (Lipinski definition) is 6. The highest BCUT2D eigenvalue weighted by Crippen LogP contribution is 2.23. The van der Waals surface area contributed by atoms with Gasteiger partial charge in [-0.1, -0.05) is 11.6 Å². The Balaban J connectivity index is 2.56. The van der Waals surface area contributed by atoms with Crippen LogP contribution in [0.5, 0.6) is 0 Å². The zero-order valence-corrected chi connectivity index (χ0v) is 14.4. The van der Waals surface area contributed by atoms with Crippen LogP contribution in [0.15, 0.2) is 12.3 Å². The van der Waals surface area contributed by atoms with Crippen LogP contribution in [0.4, 0.5) is 4.79 Å². The number of rotatable bonds is 6. The maximum absolute atomic E-state index is 11.5. The first-order valence-electron chi connectivity index (χ1n) is 7.23. The number of ether oxygens (including phenoxy) is 1. The molecule has 0 spiro atoms. The number of carbonyl (C=O) groups excluding carboxylic acids is 1. The van der Waals surface area contributed by atoms with Crippen LogP contribution in [-0.2, 0) is 4.74 Å². The average Bonchev–Trinajstić information content (AvgIpc) is 2.43. The second-order valence-corrected chi connectivity index (χ2v) is 6.54. The predicted molar refractivity (Wildman–Crippen MR) is 86.0 cm³/mol. The molecule has 1 amide bonds. The SMILES string of the molecule is CC(C)(C)OC(=O)NCCC(O)C(O)c1cnc(C(=O)O)c(Cl)c1. The van der Waals surface area contributed by atoms with Gasteiger partial charge in [-0.15, -0.1) is 0 Å². The van der Waals surface area contributed by atoms with E-state index in [0.717, 1.165) is 6.20 Å². The zero-order valence-electron chi connectivity index (χ0n) is 13.6. The van der Waals surface area contributed by atoms with E-state index in [9.17, 15) is 19.8 Å². The van der Waals surface area contributed by atoms with Gasteiger partial charge in [0.2, 0.25) is 0 Å². The number of aliphatic hydroxyl groups excluding tert-OH is 2. The number of aromatic nitrogens is 1. The van der Waals surface area contributed by atoms with Crippen LogP contribution < -0.4 is 5.32 Å². The number of halogens is 1. The van der Waals surface area contributed by atoms with Crippen LogP contribution in [0.3, 0.4) is 0 Å². The minimum Gasteiger partial charge on any atom is -0.476 e. The van der Waals surface area contributed by atoms with E-state index in [1.807, 2.05) is 0 Å². The number of carbonyl (C=O) groups is 2. The summed E-state index contributed by atoms with van der Waals surface area (Å²) in [5.41, 5.74) is -0.792. The highest BCUT2D eigenvalue weighted by molar-refractivity contribution is 6.33. The third-order valence-electron chi connectivity index (χ3n) is 2.88.